The van der Waals surface area contributed by atoms with Gasteiger partial charge in [0.2, 0.25) is 5.95 Å². The Labute approximate surface area is 246 Å². The lowest BCUT2D eigenvalue weighted by Gasteiger charge is -2.35. The molecule has 2 aromatic carbocycles. The lowest BCUT2D eigenvalue weighted by molar-refractivity contribution is -0.141. The largest absolute Gasteiger partial charge is 0.433 e. The smallest absolute Gasteiger partial charge is 0.368 e. The molecular weight excluding hydrogens is 590 g/mol. The molecule has 4 N–H and O–H groups in total. The minimum absolute atomic E-state index is 0. The highest BCUT2D eigenvalue weighted by atomic mass is 35.5. The van der Waals surface area contributed by atoms with Gasteiger partial charge in [0.05, 0.1) is 15.7 Å². The number of halogens is 6. The molecule has 2 amide bonds. The van der Waals surface area contributed by atoms with Gasteiger partial charge in [-0.15, -0.1) is 12.4 Å². The van der Waals surface area contributed by atoms with Crippen molar-refractivity contribution in [1.29, 1.82) is 0 Å². The van der Waals surface area contributed by atoms with Gasteiger partial charge in [-0.3, -0.25) is 4.90 Å². The number of alkyl halides is 3. The van der Waals surface area contributed by atoms with Crippen LogP contribution in [0.25, 0.3) is 0 Å². The maximum Gasteiger partial charge on any atom is 0.433 e. The number of nitrogen functional groups attached to an aromatic ring is 1. The normalized spacial score (nSPS) is 14.0. The molecule has 1 aliphatic rings. The first-order valence-corrected chi connectivity index (χ1v) is 13.1. The van der Waals surface area contributed by atoms with Crippen LogP contribution in [-0.4, -0.2) is 53.6 Å². The van der Waals surface area contributed by atoms with Crippen molar-refractivity contribution in [1.82, 2.24) is 14.9 Å². The van der Waals surface area contributed by atoms with Gasteiger partial charge in [-0.1, -0.05) is 41.4 Å². The van der Waals surface area contributed by atoms with Crippen molar-refractivity contribution < 1.29 is 18.0 Å². The fourth-order valence-electron chi connectivity index (χ4n) is 4.27. The SMILES string of the molecule is Cl.Nc1nc(N2CCN(CCCCc3ccc(NC(=O)Nc4c(Cl)cccc4Cl)cc3)CC2)cc(C(F)(F)F)n1. The molecule has 0 unspecified atom stereocenters. The molecule has 0 radical (unpaired) electrons. The van der Waals surface area contributed by atoms with Crippen molar-refractivity contribution in [3.8, 4) is 0 Å². The zero-order chi connectivity index (χ0) is 28.0. The van der Waals surface area contributed by atoms with E-state index in [1.807, 2.05) is 29.2 Å². The first kappa shape index (κ1) is 31.5. The van der Waals surface area contributed by atoms with Crippen LogP contribution < -0.4 is 21.3 Å². The lowest BCUT2D eigenvalue weighted by Crippen LogP contribution is -2.47. The molecule has 40 heavy (non-hydrogen) atoms. The third-order valence-electron chi connectivity index (χ3n) is 6.32. The van der Waals surface area contributed by atoms with E-state index in [0.29, 0.717) is 34.5 Å². The van der Waals surface area contributed by atoms with Crippen LogP contribution in [-0.2, 0) is 12.6 Å². The van der Waals surface area contributed by atoms with E-state index in [4.69, 9.17) is 28.9 Å². The van der Waals surface area contributed by atoms with E-state index in [1.165, 1.54) is 0 Å². The molecular formula is C26H29Cl3F3N7O. The summed E-state index contributed by atoms with van der Waals surface area (Å²) in [4.78, 5) is 23.7. The molecule has 8 nitrogen and oxygen atoms in total. The first-order valence-electron chi connectivity index (χ1n) is 12.4. The van der Waals surface area contributed by atoms with Crippen molar-refractivity contribution in [3.05, 3.63) is 69.8 Å². The quantitative estimate of drug-likeness (QED) is 0.246. The van der Waals surface area contributed by atoms with E-state index in [9.17, 15) is 18.0 Å². The Balaban J connectivity index is 0.00000441. The fraction of sp³-hybridized carbons (Fsp3) is 0.346. The van der Waals surface area contributed by atoms with E-state index in [2.05, 4.69) is 25.5 Å². The van der Waals surface area contributed by atoms with E-state index in [1.54, 1.807) is 18.2 Å². The molecule has 1 fully saturated rings. The number of para-hydroxylation sites is 1. The zero-order valence-electron chi connectivity index (χ0n) is 21.3. The molecule has 216 valence electrons. The molecule has 1 aromatic heterocycles. The fourth-order valence-corrected chi connectivity index (χ4v) is 4.76. The summed E-state index contributed by atoms with van der Waals surface area (Å²) < 4.78 is 39.1. The van der Waals surface area contributed by atoms with E-state index in [0.717, 1.165) is 50.5 Å². The number of benzene rings is 2. The molecule has 4 rings (SSSR count). The van der Waals surface area contributed by atoms with Crippen LogP contribution >= 0.6 is 35.6 Å². The van der Waals surface area contributed by atoms with Crippen LogP contribution in [0.1, 0.15) is 24.1 Å². The number of carbonyl (C=O) groups excluding carboxylic acids is 1. The Morgan fingerprint density at radius 3 is 2.23 bits per heavy atom. The van der Waals surface area contributed by atoms with Gasteiger partial charge in [0.15, 0.2) is 5.69 Å². The Hall–Kier alpha value is -2.99. The van der Waals surface area contributed by atoms with Gasteiger partial charge in [-0.2, -0.15) is 18.2 Å². The Kier molecular flexibility index (Phi) is 11.1. The van der Waals surface area contributed by atoms with E-state index < -0.39 is 17.9 Å². The van der Waals surface area contributed by atoms with E-state index >= 15 is 0 Å². The summed E-state index contributed by atoms with van der Waals surface area (Å²) in [5, 5.41) is 6.13. The van der Waals surface area contributed by atoms with Crippen molar-refractivity contribution in [2.75, 3.05) is 54.0 Å². The lowest BCUT2D eigenvalue weighted by atomic mass is 10.1. The average molecular weight is 619 g/mol. The molecule has 0 spiro atoms. The number of anilines is 4. The Morgan fingerprint density at radius 2 is 1.60 bits per heavy atom. The third-order valence-corrected chi connectivity index (χ3v) is 6.95. The monoisotopic (exact) mass is 617 g/mol. The summed E-state index contributed by atoms with van der Waals surface area (Å²) >= 11 is 12.2. The number of aryl methyl sites for hydroxylation is 1. The Morgan fingerprint density at radius 1 is 0.950 bits per heavy atom. The molecule has 3 aromatic rings. The standard InChI is InChI=1S/C26H28Cl2F3N7O.ClH/c27-19-5-3-6-20(28)23(19)36-25(39)33-18-9-7-17(8-10-18)4-1-2-11-37-12-14-38(15-13-37)22-16-21(26(29,30)31)34-24(32)35-22;/h3,5-10,16H,1-2,4,11-15H2,(H2,32,34,35)(H2,33,36,39);1H. The first-order chi connectivity index (χ1) is 18.6. The number of rotatable bonds is 8. The highest BCUT2D eigenvalue weighted by molar-refractivity contribution is 6.39. The topological polar surface area (TPSA) is 99.4 Å². The molecule has 0 bridgehead atoms. The number of amides is 2. The second-order valence-corrected chi connectivity index (χ2v) is 9.94. The minimum Gasteiger partial charge on any atom is -0.368 e. The number of piperazine rings is 1. The third kappa shape index (κ3) is 8.76. The molecule has 14 heteroatoms. The van der Waals surface area contributed by atoms with Crippen molar-refractivity contribution >= 4 is 64.8 Å². The summed E-state index contributed by atoms with van der Waals surface area (Å²) in [6, 6.07) is 13.1. The van der Waals surface area contributed by atoms with Gasteiger partial charge in [-0.05, 0) is 55.6 Å². The van der Waals surface area contributed by atoms with Crippen LogP contribution in [0.15, 0.2) is 48.5 Å². The number of hydrogen-bond donors (Lipinski definition) is 3. The second-order valence-electron chi connectivity index (χ2n) is 9.13. The predicted molar refractivity (Wildman–Crippen MR) is 156 cm³/mol. The number of unbranched alkanes of at least 4 members (excludes halogenated alkanes) is 1. The summed E-state index contributed by atoms with van der Waals surface area (Å²) in [5.41, 5.74) is 6.62. The van der Waals surface area contributed by atoms with Crippen LogP contribution in [0.3, 0.4) is 0 Å². The van der Waals surface area contributed by atoms with Crippen LogP contribution in [0.4, 0.5) is 41.1 Å². The highest BCUT2D eigenvalue weighted by Gasteiger charge is 2.34. The van der Waals surface area contributed by atoms with Crippen molar-refractivity contribution in [2.45, 2.75) is 25.4 Å². The summed E-state index contributed by atoms with van der Waals surface area (Å²) in [6.45, 7) is 3.50. The van der Waals surface area contributed by atoms with Crippen LogP contribution in [0, 0.1) is 0 Å². The molecule has 0 atom stereocenters. The Bertz CT molecular complexity index is 1270. The molecule has 1 saturated heterocycles. The molecule has 0 aliphatic carbocycles. The summed E-state index contributed by atoms with van der Waals surface area (Å²) in [5.74, 6) is -0.172. The average Bonchev–Trinajstić information content (AvgIpc) is 2.89. The van der Waals surface area contributed by atoms with Crippen molar-refractivity contribution in [2.24, 2.45) is 0 Å². The number of hydrogen-bond acceptors (Lipinski definition) is 6. The number of nitrogens with one attached hydrogen (secondary N) is 2. The molecule has 0 saturated carbocycles. The number of urea groups is 1. The van der Waals surface area contributed by atoms with Gasteiger partial charge in [0.1, 0.15) is 5.82 Å². The highest BCUT2D eigenvalue weighted by Crippen LogP contribution is 2.31. The van der Waals surface area contributed by atoms with Gasteiger partial charge in [0.25, 0.3) is 0 Å². The molecule has 2 heterocycles. The van der Waals surface area contributed by atoms with Crippen LogP contribution in [0.2, 0.25) is 10.0 Å². The van der Waals surface area contributed by atoms with Gasteiger partial charge >= 0.3 is 12.2 Å². The maximum absolute atomic E-state index is 13.0. The summed E-state index contributed by atoms with van der Waals surface area (Å²) in [6.07, 6.45) is -1.71. The number of nitrogens with two attached hydrogens (primary N) is 1. The minimum atomic E-state index is -4.56. The summed E-state index contributed by atoms with van der Waals surface area (Å²) in [7, 11) is 0. The number of aromatic nitrogens is 2. The predicted octanol–water partition coefficient (Wildman–Crippen LogP) is 6.60. The van der Waals surface area contributed by atoms with Crippen molar-refractivity contribution in [3.63, 3.8) is 0 Å². The van der Waals surface area contributed by atoms with Gasteiger partial charge < -0.3 is 21.3 Å². The molecule has 1 aliphatic heterocycles. The second kappa shape index (κ2) is 14.1. The van der Waals surface area contributed by atoms with Gasteiger partial charge in [0, 0.05) is 37.9 Å². The zero-order valence-corrected chi connectivity index (χ0v) is 23.7. The number of carbonyl (C=O) groups is 1. The maximum atomic E-state index is 13.0. The van der Waals surface area contributed by atoms with Crippen LogP contribution in [0.5, 0.6) is 0 Å². The number of nitrogens with zero attached hydrogens (tertiary/aromatic N) is 4. The van der Waals surface area contributed by atoms with Gasteiger partial charge in [-0.25, -0.2) is 9.78 Å². The van der Waals surface area contributed by atoms with E-state index in [-0.39, 0.29) is 24.2 Å².